The minimum absolute atomic E-state index is 0.288. The molecule has 2 aliphatic heterocycles. The van der Waals surface area contributed by atoms with Crippen LogP contribution in [-0.4, -0.2) is 56.9 Å². The van der Waals surface area contributed by atoms with E-state index in [9.17, 15) is 9.59 Å². The summed E-state index contributed by atoms with van der Waals surface area (Å²) in [4.78, 5) is 26.9. The van der Waals surface area contributed by atoms with Crippen LogP contribution in [0.1, 0.15) is 31.4 Å². The smallest absolute Gasteiger partial charge is 0.337 e. The van der Waals surface area contributed by atoms with E-state index in [1.54, 1.807) is 21.1 Å². The van der Waals surface area contributed by atoms with E-state index in [0.717, 1.165) is 24.3 Å². The van der Waals surface area contributed by atoms with Gasteiger partial charge < -0.3 is 24.8 Å². The number of methoxy groups -OCH3 is 2. The lowest BCUT2D eigenvalue weighted by Gasteiger charge is -2.34. The molecule has 8 heteroatoms. The van der Waals surface area contributed by atoms with Crippen LogP contribution in [0.4, 0.5) is 4.79 Å². The molecule has 29 heavy (non-hydrogen) atoms. The maximum Gasteiger partial charge on any atom is 0.337 e. The Morgan fingerprint density at radius 3 is 2.48 bits per heavy atom. The maximum absolute atomic E-state index is 12.6. The fourth-order valence-corrected chi connectivity index (χ4v) is 3.89. The number of nitrogens with one attached hydrogen (secondary N) is 2. The van der Waals surface area contributed by atoms with Gasteiger partial charge in [0.25, 0.3) is 0 Å². The summed E-state index contributed by atoms with van der Waals surface area (Å²) in [7, 11) is 3.25. The third-order valence-corrected chi connectivity index (χ3v) is 5.33. The van der Waals surface area contributed by atoms with Crippen LogP contribution in [0, 0.1) is 0 Å². The average molecular weight is 403 g/mol. The predicted octanol–water partition coefficient (Wildman–Crippen LogP) is 1.97. The highest BCUT2D eigenvalue weighted by Crippen LogP contribution is 2.33. The van der Waals surface area contributed by atoms with Crippen molar-refractivity contribution in [2.75, 3.05) is 33.9 Å². The van der Waals surface area contributed by atoms with Crippen molar-refractivity contribution in [2.24, 2.45) is 0 Å². The van der Waals surface area contributed by atoms with Crippen LogP contribution in [0.3, 0.4) is 0 Å². The average Bonchev–Trinajstić information content (AvgIpc) is 2.72. The Morgan fingerprint density at radius 1 is 1.17 bits per heavy atom. The number of ether oxygens (including phenoxy) is 3. The Morgan fingerprint density at radius 2 is 1.86 bits per heavy atom. The van der Waals surface area contributed by atoms with Gasteiger partial charge in [-0.15, -0.1) is 0 Å². The number of esters is 1. The van der Waals surface area contributed by atoms with E-state index in [-0.39, 0.29) is 18.0 Å². The number of carbonyl (C=O) groups excluding carboxylic acids is 2. The van der Waals surface area contributed by atoms with Crippen LogP contribution in [0.5, 0.6) is 11.5 Å². The molecule has 0 saturated heterocycles. The van der Waals surface area contributed by atoms with E-state index in [1.165, 1.54) is 5.56 Å². The number of carbonyl (C=O) groups is 2. The number of hydrogen-bond acceptors (Lipinski definition) is 6. The molecule has 0 saturated carbocycles. The van der Waals surface area contributed by atoms with Crippen molar-refractivity contribution in [3.8, 4) is 11.5 Å². The number of hydrogen-bond donors (Lipinski definition) is 2. The minimum Gasteiger partial charge on any atom is -0.493 e. The molecule has 0 bridgehead atoms. The zero-order valence-electron chi connectivity index (χ0n) is 17.5. The van der Waals surface area contributed by atoms with Crippen molar-refractivity contribution in [2.45, 2.75) is 39.3 Å². The van der Waals surface area contributed by atoms with E-state index in [0.29, 0.717) is 43.1 Å². The number of nitrogens with zero attached hydrogens (tertiary/aromatic N) is 1. The normalized spacial score (nSPS) is 19.2. The summed E-state index contributed by atoms with van der Waals surface area (Å²) < 4.78 is 16.1. The molecule has 158 valence electrons. The van der Waals surface area contributed by atoms with Gasteiger partial charge in [0.1, 0.15) is 0 Å². The zero-order valence-corrected chi connectivity index (χ0v) is 17.5. The van der Waals surface area contributed by atoms with Crippen molar-refractivity contribution >= 4 is 12.0 Å². The summed E-state index contributed by atoms with van der Waals surface area (Å²) in [6.07, 6.45) is 1.46. The first-order chi connectivity index (χ1) is 14.0. The highest BCUT2D eigenvalue weighted by Gasteiger charge is 2.32. The molecule has 8 nitrogen and oxygen atoms in total. The van der Waals surface area contributed by atoms with Crippen LogP contribution >= 0.6 is 0 Å². The van der Waals surface area contributed by atoms with E-state index < -0.39 is 0 Å². The van der Waals surface area contributed by atoms with Gasteiger partial charge in [0.15, 0.2) is 11.5 Å². The van der Waals surface area contributed by atoms with Gasteiger partial charge >= 0.3 is 12.0 Å². The Balaban J connectivity index is 1.85. The molecule has 1 unspecified atom stereocenters. The number of rotatable bonds is 7. The Labute approximate surface area is 171 Å². The molecular weight excluding hydrogens is 374 g/mol. The first-order valence-electron chi connectivity index (χ1n) is 9.94. The third-order valence-electron chi connectivity index (χ3n) is 5.33. The van der Waals surface area contributed by atoms with Crippen molar-refractivity contribution in [3.05, 3.63) is 34.5 Å². The molecule has 0 fully saturated rings. The molecule has 2 heterocycles. The van der Waals surface area contributed by atoms with Crippen LogP contribution in [0.15, 0.2) is 23.4 Å². The summed E-state index contributed by atoms with van der Waals surface area (Å²) in [6.45, 7) is 5.96. The van der Waals surface area contributed by atoms with E-state index in [1.807, 2.05) is 19.1 Å². The van der Waals surface area contributed by atoms with Gasteiger partial charge in [-0.25, -0.2) is 9.59 Å². The SMILES string of the molecule is CCOC(=O)C1=C(CN2CCc3cc(OC)c(OC)cc3C2)NC(=O)NC1CC. The van der Waals surface area contributed by atoms with E-state index >= 15 is 0 Å². The van der Waals surface area contributed by atoms with Crippen molar-refractivity contribution in [3.63, 3.8) is 0 Å². The van der Waals surface area contributed by atoms with Crippen molar-refractivity contribution < 1.29 is 23.8 Å². The summed E-state index contributed by atoms with van der Waals surface area (Å²) in [5.41, 5.74) is 3.49. The largest absolute Gasteiger partial charge is 0.493 e. The van der Waals surface area contributed by atoms with Crippen molar-refractivity contribution in [1.82, 2.24) is 15.5 Å². The molecule has 0 aromatic heterocycles. The van der Waals surface area contributed by atoms with Gasteiger partial charge in [-0.3, -0.25) is 4.90 Å². The number of urea groups is 1. The van der Waals surface area contributed by atoms with Crippen molar-refractivity contribution in [1.29, 1.82) is 0 Å². The number of amides is 2. The minimum atomic E-state index is -0.384. The summed E-state index contributed by atoms with van der Waals surface area (Å²) in [5, 5.41) is 5.63. The predicted molar refractivity (Wildman–Crippen MR) is 108 cm³/mol. The quantitative estimate of drug-likeness (QED) is 0.677. The molecule has 0 aliphatic carbocycles. The first-order valence-corrected chi connectivity index (χ1v) is 9.94. The van der Waals surface area contributed by atoms with E-state index in [4.69, 9.17) is 14.2 Å². The fraction of sp³-hybridized carbons (Fsp3) is 0.524. The molecule has 1 aromatic rings. The molecule has 1 atom stereocenters. The Hall–Kier alpha value is -2.74. The molecular formula is C21H29N3O5. The third kappa shape index (κ3) is 4.48. The molecule has 2 amide bonds. The molecule has 3 rings (SSSR count). The number of benzene rings is 1. The molecule has 2 aliphatic rings. The van der Waals surface area contributed by atoms with Crippen LogP contribution < -0.4 is 20.1 Å². The Kier molecular flexibility index (Phi) is 6.64. The molecule has 1 aromatic carbocycles. The van der Waals surface area contributed by atoms with Gasteiger partial charge in [-0.05, 0) is 43.0 Å². The van der Waals surface area contributed by atoms with Gasteiger partial charge in [-0.2, -0.15) is 0 Å². The van der Waals surface area contributed by atoms with Gasteiger partial charge in [0.05, 0.1) is 32.4 Å². The molecule has 0 radical (unpaired) electrons. The second-order valence-electron chi connectivity index (χ2n) is 7.11. The number of fused-ring (bicyclic) bond motifs is 1. The summed E-state index contributed by atoms with van der Waals surface area (Å²) >= 11 is 0. The lowest BCUT2D eigenvalue weighted by atomic mass is 9.97. The maximum atomic E-state index is 12.6. The lowest BCUT2D eigenvalue weighted by molar-refractivity contribution is -0.139. The first kappa shape index (κ1) is 21.0. The zero-order chi connectivity index (χ0) is 21.0. The molecule has 0 spiro atoms. The highest BCUT2D eigenvalue weighted by molar-refractivity contribution is 5.94. The Bertz CT molecular complexity index is 821. The summed E-state index contributed by atoms with van der Waals surface area (Å²) in [6, 6.07) is 3.38. The van der Waals surface area contributed by atoms with Gasteiger partial charge in [-0.1, -0.05) is 6.92 Å². The topological polar surface area (TPSA) is 89.1 Å². The van der Waals surface area contributed by atoms with Gasteiger partial charge in [0.2, 0.25) is 0 Å². The fourth-order valence-electron chi connectivity index (χ4n) is 3.89. The van der Waals surface area contributed by atoms with Crippen LogP contribution in [0.25, 0.3) is 0 Å². The molecule has 2 N–H and O–H groups in total. The standard InChI is InChI=1S/C21H29N3O5/c1-5-15-19(20(25)29-6-2)16(23-21(26)22-15)12-24-8-7-13-9-17(27-3)18(28-4)10-14(13)11-24/h9-10,15H,5-8,11-12H2,1-4H3,(H2,22,23,26). The second kappa shape index (κ2) is 9.17. The van der Waals surface area contributed by atoms with Crippen LogP contribution in [0.2, 0.25) is 0 Å². The lowest BCUT2D eigenvalue weighted by Crippen LogP contribution is -2.52. The monoisotopic (exact) mass is 403 g/mol. The summed E-state index contributed by atoms with van der Waals surface area (Å²) in [5.74, 6) is 1.04. The highest BCUT2D eigenvalue weighted by atomic mass is 16.5. The van der Waals surface area contributed by atoms with E-state index in [2.05, 4.69) is 15.5 Å². The van der Waals surface area contributed by atoms with Gasteiger partial charge in [0, 0.05) is 25.3 Å². The van der Waals surface area contributed by atoms with Crippen LogP contribution in [-0.2, 0) is 22.5 Å². The second-order valence-corrected chi connectivity index (χ2v) is 7.11.